The van der Waals surface area contributed by atoms with Crippen LogP contribution in [0.3, 0.4) is 0 Å². The molecule has 1 aromatic heterocycles. The largest absolute Gasteiger partial charge is 0.366 e. The molecule has 1 unspecified atom stereocenters. The van der Waals surface area contributed by atoms with Gasteiger partial charge < -0.3 is 11.5 Å². The van der Waals surface area contributed by atoms with Crippen molar-refractivity contribution in [3.63, 3.8) is 0 Å². The van der Waals surface area contributed by atoms with E-state index < -0.39 is 11.8 Å². The molecule has 1 atom stereocenters. The quantitative estimate of drug-likeness (QED) is 0.869. The molecular weight excluding hydrogens is 260 g/mol. The molecule has 0 saturated carbocycles. The van der Waals surface area contributed by atoms with Crippen LogP contribution in [0, 0.1) is 11.3 Å². The number of fused-ring (bicyclic) bond motifs is 1. The van der Waals surface area contributed by atoms with E-state index in [-0.39, 0.29) is 5.41 Å². The molecule has 2 amide bonds. The number of rotatable bonds is 2. The number of nitrogens with two attached hydrogens (primary N) is 2. The van der Waals surface area contributed by atoms with Gasteiger partial charge in [-0.2, -0.15) is 0 Å². The van der Waals surface area contributed by atoms with Crippen molar-refractivity contribution in [3.8, 4) is 0 Å². The summed E-state index contributed by atoms with van der Waals surface area (Å²) in [4.78, 5) is 24.4. The van der Waals surface area contributed by atoms with E-state index in [0.29, 0.717) is 16.4 Å². The van der Waals surface area contributed by atoms with Crippen molar-refractivity contribution in [1.82, 2.24) is 0 Å². The Morgan fingerprint density at radius 2 is 1.84 bits per heavy atom. The van der Waals surface area contributed by atoms with E-state index in [1.165, 1.54) is 11.3 Å². The first-order valence-corrected chi connectivity index (χ1v) is 7.27. The minimum atomic E-state index is -0.555. The summed E-state index contributed by atoms with van der Waals surface area (Å²) in [5.41, 5.74) is 12.3. The van der Waals surface area contributed by atoms with E-state index >= 15 is 0 Å². The zero-order chi connectivity index (χ0) is 14.4. The van der Waals surface area contributed by atoms with E-state index in [9.17, 15) is 9.59 Å². The van der Waals surface area contributed by atoms with Gasteiger partial charge in [0.1, 0.15) is 4.88 Å². The maximum absolute atomic E-state index is 11.6. The standard InChI is InChI=1S/C14H20N2O2S/c1-14(2,3)7-4-5-8-9(6-7)19-11(13(16)18)10(8)12(15)17/h7H,4-6H2,1-3H3,(H2,15,17)(H2,16,18). The van der Waals surface area contributed by atoms with Gasteiger partial charge in [0, 0.05) is 4.88 Å². The molecule has 4 nitrogen and oxygen atoms in total. The SMILES string of the molecule is CC(C)(C)C1CCc2c(sc(C(N)=O)c2C(N)=O)C1. The molecule has 1 aliphatic carbocycles. The maximum Gasteiger partial charge on any atom is 0.259 e. The molecule has 4 N–H and O–H groups in total. The zero-order valence-electron chi connectivity index (χ0n) is 11.6. The minimum Gasteiger partial charge on any atom is -0.366 e. The zero-order valence-corrected chi connectivity index (χ0v) is 12.4. The molecule has 1 aromatic rings. The average Bonchev–Trinajstić information content (AvgIpc) is 2.65. The Morgan fingerprint density at radius 3 is 2.32 bits per heavy atom. The van der Waals surface area contributed by atoms with Crippen LogP contribution < -0.4 is 11.5 Å². The van der Waals surface area contributed by atoms with Gasteiger partial charge in [-0.25, -0.2) is 0 Å². The highest BCUT2D eigenvalue weighted by molar-refractivity contribution is 7.14. The van der Waals surface area contributed by atoms with E-state index in [1.54, 1.807) is 0 Å². The Labute approximate surface area is 117 Å². The van der Waals surface area contributed by atoms with Crippen LogP contribution in [-0.2, 0) is 12.8 Å². The van der Waals surface area contributed by atoms with Gasteiger partial charge in [0.25, 0.3) is 11.8 Å². The first-order valence-electron chi connectivity index (χ1n) is 6.46. The number of carbonyl (C=O) groups is 2. The summed E-state index contributed by atoms with van der Waals surface area (Å²) in [6.45, 7) is 6.67. The molecule has 0 fully saturated rings. The minimum absolute atomic E-state index is 0.224. The summed E-state index contributed by atoms with van der Waals surface area (Å²) in [7, 11) is 0. The second kappa shape index (κ2) is 4.63. The Morgan fingerprint density at radius 1 is 1.21 bits per heavy atom. The van der Waals surface area contributed by atoms with Crippen molar-refractivity contribution in [2.45, 2.75) is 40.0 Å². The van der Waals surface area contributed by atoms with Crippen LogP contribution >= 0.6 is 11.3 Å². The Balaban J connectivity index is 2.45. The molecule has 0 aliphatic heterocycles. The topological polar surface area (TPSA) is 86.2 Å². The predicted octanol–water partition coefficient (Wildman–Crippen LogP) is 2.10. The van der Waals surface area contributed by atoms with Crippen LogP contribution in [0.4, 0.5) is 0 Å². The van der Waals surface area contributed by atoms with Gasteiger partial charge >= 0.3 is 0 Å². The van der Waals surface area contributed by atoms with Crippen LogP contribution in [0.2, 0.25) is 0 Å². The third-order valence-electron chi connectivity index (χ3n) is 3.96. The third kappa shape index (κ3) is 2.52. The van der Waals surface area contributed by atoms with Crippen LogP contribution in [-0.4, -0.2) is 11.8 Å². The maximum atomic E-state index is 11.6. The van der Waals surface area contributed by atoms with E-state index in [0.717, 1.165) is 29.7 Å². The molecule has 0 aromatic carbocycles. The molecule has 5 heteroatoms. The fourth-order valence-electron chi connectivity index (χ4n) is 2.76. The molecule has 2 rings (SSSR count). The number of amides is 2. The molecule has 104 valence electrons. The molecule has 1 heterocycles. The van der Waals surface area contributed by atoms with Gasteiger partial charge in [-0.1, -0.05) is 20.8 Å². The molecule has 0 saturated heterocycles. The summed E-state index contributed by atoms with van der Waals surface area (Å²) in [6, 6.07) is 0. The Kier molecular flexibility index (Phi) is 3.43. The van der Waals surface area contributed by atoms with Crippen molar-refractivity contribution < 1.29 is 9.59 Å². The van der Waals surface area contributed by atoms with Crippen LogP contribution in [0.25, 0.3) is 0 Å². The van der Waals surface area contributed by atoms with Crippen LogP contribution in [0.5, 0.6) is 0 Å². The van der Waals surface area contributed by atoms with Crippen molar-refractivity contribution >= 4 is 23.2 Å². The van der Waals surface area contributed by atoms with Crippen LogP contribution in [0.1, 0.15) is 57.7 Å². The molecule has 0 spiro atoms. The summed E-state index contributed by atoms with van der Waals surface area (Å²) < 4.78 is 0. The van der Waals surface area contributed by atoms with E-state index in [2.05, 4.69) is 20.8 Å². The molecular formula is C14H20N2O2S. The fourth-order valence-corrected chi connectivity index (χ4v) is 4.04. The highest BCUT2D eigenvalue weighted by Gasteiger charge is 2.33. The highest BCUT2D eigenvalue weighted by atomic mass is 32.1. The smallest absolute Gasteiger partial charge is 0.259 e. The summed E-state index contributed by atoms with van der Waals surface area (Å²) >= 11 is 1.34. The third-order valence-corrected chi connectivity index (χ3v) is 5.23. The lowest BCUT2D eigenvalue weighted by molar-refractivity contribution is 0.0969. The van der Waals surface area contributed by atoms with Gasteiger partial charge in [0.05, 0.1) is 5.56 Å². The van der Waals surface area contributed by atoms with Gasteiger partial charge in [0.2, 0.25) is 0 Å². The van der Waals surface area contributed by atoms with Crippen molar-refractivity contribution in [1.29, 1.82) is 0 Å². The fraction of sp³-hybridized carbons (Fsp3) is 0.571. The number of thiophene rings is 1. The number of primary amides is 2. The summed E-state index contributed by atoms with van der Waals surface area (Å²) in [5.74, 6) is -0.541. The van der Waals surface area contributed by atoms with Crippen molar-refractivity contribution in [3.05, 3.63) is 20.9 Å². The summed E-state index contributed by atoms with van der Waals surface area (Å²) in [5, 5.41) is 0. The lowest BCUT2D eigenvalue weighted by Crippen LogP contribution is -2.27. The van der Waals surface area contributed by atoms with Crippen molar-refractivity contribution in [2.75, 3.05) is 0 Å². The number of hydrogen-bond acceptors (Lipinski definition) is 3. The van der Waals surface area contributed by atoms with E-state index in [1.807, 2.05) is 0 Å². The van der Waals surface area contributed by atoms with Crippen molar-refractivity contribution in [2.24, 2.45) is 22.8 Å². The summed E-state index contributed by atoms with van der Waals surface area (Å²) in [6.07, 6.45) is 2.72. The molecule has 0 radical (unpaired) electrons. The Hall–Kier alpha value is -1.36. The highest BCUT2D eigenvalue weighted by Crippen LogP contribution is 2.42. The van der Waals surface area contributed by atoms with Gasteiger partial charge in [0.15, 0.2) is 0 Å². The first-order chi connectivity index (χ1) is 8.71. The number of hydrogen-bond donors (Lipinski definition) is 2. The predicted molar refractivity (Wildman–Crippen MR) is 76.3 cm³/mol. The van der Waals surface area contributed by atoms with E-state index in [4.69, 9.17) is 11.5 Å². The molecule has 0 bridgehead atoms. The first kappa shape index (κ1) is 14.1. The molecule has 1 aliphatic rings. The lowest BCUT2D eigenvalue weighted by atomic mass is 9.72. The second-order valence-corrected chi connectivity index (χ2v) is 7.35. The monoisotopic (exact) mass is 280 g/mol. The van der Waals surface area contributed by atoms with Gasteiger partial charge in [-0.15, -0.1) is 11.3 Å². The molecule has 19 heavy (non-hydrogen) atoms. The number of carbonyl (C=O) groups excluding carboxylic acids is 2. The van der Waals surface area contributed by atoms with Gasteiger partial charge in [-0.3, -0.25) is 9.59 Å². The Bertz CT molecular complexity index is 540. The van der Waals surface area contributed by atoms with Gasteiger partial charge in [-0.05, 0) is 36.2 Å². The average molecular weight is 280 g/mol. The lowest BCUT2D eigenvalue weighted by Gasteiger charge is -2.33. The van der Waals surface area contributed by atoms with Crippen LogP contribution in [0.15, 0.2) is 0 Å². The second-order valence-electron chi connectivity index (χ2n) is 6.24. The normalized spacial score (nSPS) is 19.0.